The van der Waals surface area contributed by atoms with Gasteiger partial charge in [-0.2, -0.15) is 5.10 Å². The molecule has 1 atom stereocenters. The fraction of sp³-hybridized carbons (Fsp3) is 0.474. The lowest BCUT2D eigenvalue weighted by Crippen LogP contribution is -2.33. The minimum absolute atomic E-state index is 0.369. The number of likely N-dealkylation sites (tertiary alicyclic amines) is 1. The summed E-state index contributed by atoms with van der Waals surface area (Å²) in [6.07, 6.45) is 7.87. The lowest BCUT2D eigenvalue weighted by molar-refractivity contribution is 0.134. The van der Waals surface area contributed by atoms with E-state index in [1.165, 1.54) is 18.4 Å². The van der Waals surface area contributed by atoms with E-state index >= 15 is 0 Å². The third kappa shape index (κ3) is 2.96. The van der Waals surface area contributed by atoms with Crippen molar-refractivity contribution in [3.63, 3.8) is 0 Å². The van der Waals surface area contributed by atoms with Crippen LogP contribution in [0.15, 0.2) is 36.7 Å². The summed E-state index contributed by atoms with van der Waals surface area (Å²) in [7, 11) is 0. The summed E-state index contributed by atoms with van der Waals surface area (Å²) in [6, 6.07) is 9.07. The summed E-state index contributed by atoms with van der Waals surface area (Å²) in [5.74, 6) is 1.10. The molecular weight excluding hydrogens is 298 g/mol. The lowest BCUT2D eigenvalue weighted by Gasteiger charge is -2.34. The first-order valence-corrected chi connectivity index (χ1v) is 8.92. The highest BCUT2D eigenvalue weighted by Gasteiger charge is 2.26. The van der Waals surface area contributed by atoms with Gasteiger partial charge >= 0.3 is 0 Å². The first-order chi connectivity index (χ1) is 11.7. The second kappa shape index (κ2) is 6.40. The van der Waals surface area contributed by atoms with Crippen molar-refractivity contribution < 1.29 is 0 Å². The standard InChI is InChI=1S/C19H25N5/c1-14(2)24-13-15(11-20-24)12-23-10-6-5-9-18(23)19-21-16-7-3-4-8-17(16)22-19/h3-4,7-8,11,13-14,18H,5-6,9-10,12H2,1-2H3,(H,21,22)/t18-/m1/s1. The molecule has 1 fully saturated rings. The Morgan fingerprint density at radius 3 is 2.92 bits per heavy atom. The highest BCUT2D eigenvalue weighted by atomic mass is 15.3. The largest absolute Gasteiger partial charge is 0.341 e. The van der Waals surface area contributed by atoms with E-state index in [1.807, 2.05) is 16.9 Å². The summed E-state index contributed by atoms with van der Waals surface area (Å²) in [6.45, 7) is 6.38. The minimum Gasteiger partial charge on any atom is -0.341 e. The van der Waals surface area contributed by atoms with Crippen molar-refractivity contribution in [1.82, 2.24) is 24.6 Å². The zero-order chi connectivity index (χ0) is 16.5. The van der Waals surface area contributed by atoms with Crippen LogP contribution in [0, 0.1) is 0 Å². The van der Waals surface area contributed by atoms with Crippen LogP contribution < -0.4 is 0 Å². The Morgan fingerprint density at radius 1 is 1.25 bits per heavy atom. The molecule has 5 heteroatoms. The molecule has 4 rings (SSSR count). The number of fused-ring (bicyclic) bond motifs is 1. The van der Waals surface area contributed by atoms with E-state index in [-0.39, 0.29) is 0 Å². The van der Waals surface area contributed by atoms with Crippen LogP contribution in [0.3, 0.4) is 0 Å². The molecule has 0 saturated carbocycles. The number of hydrogen-bond donors (Lipinski definition) is 1. The van der Waals surface area contributed by atoms with Gasteiger partial charge in [-0.05, 0) is 45.4 Å². The molecule has 0 amide bonds. The van der Waals surface area contributed by atoms with Crippen LogP contribution in [0.4, 0.5) is 0 Å². The molecule has 24 heavy (non-hydrogen) atoms. The zero-order valence-electron chi connectivity index (χ0n) is 14.4. The number of aromatic amines is 1. The Kier molecular flexibility index (Phi) is 4.10. The van der Waals surface area contributed by atoms with E-state index in [0.717, 1.165) is 36.4 Å². The van der Waals surface area contributed by atoms with Crippen molar-refractivity contribution in [2.45, 2.75) is 51.7 Å². The Labute approximate surface area is 142 Å². The summed E-state index contributed by atoms with van der Waals surface area (Å²) in [4.78, 5) is 10.9. The lowest BCUT2D eigenvalue weighted by atomic mass is 10.0. The summed E-state index contributed by atoms with van der Waals surface area (Å²) in [5.41, 5.74) is 3.48. The van der Waals surface area contributed by atoms with Gasteiger partial charge in [0.25, 0.3) is 0 Å². The summed E-state index contributed by atoms with van der Waals surface area (Å²) >= 11 is 0. The molecule has 0 aliphatic carbocycles. The van der Waals surface area contributed by atoms with Gasteiger partial charge in [0.1, 0.15) is 5.82 Å². The first kappa shape index (κ1) is 15.4. The van der Waals surface area contributed by atoms with E-state index in [9.17, 15) is 0 Å². The van der Waals surface area contributed by atoms with Crippen molar-refractivity contribution in [2.75, 3.05) is 6.54 Å². The summed E-state index contributed by atoms with van der Waals surface area (Å²) < 4.78 is 2.04. The van der Waals surface area contributed by atoms with Crippen molar-refractivity contribution in [2.24, 2.45) is 0 Å². The molecule has 5 nitrogen and oxygen atoms in total. The Balaban J connectivity index is 1.58. The van der Waals surface area contributed by atoms with Crippen LogP contribution in [-0.4, -0.2) is 31.2 Å². The summed E-state index contributed by atoms with van der Waals surface area (Å²) in [5, 5.41) is 4.48. The number of nitrogens with one attached hydrogen (secondary N) is 1. The third-order valence-electron chi connectivity index (χ3n) is 4.91. The van der Waals surface area contributed by atoms with Crippen LogP contribution in [0.1, 0.15) is 56.6 Å². The van der Waals surface area contributed by atoms with Gasteiger partial charge in [-0.15, -0.1) is 0 Å². The maximum Gasteiger partial charge on any atom is 0.124 e. The number of imidazole rings is 1. The molecule has 1 aliphatic heterocycles. The number of aromatic nitrogens is 4. The average molecular weight is 323 g/mol. The highest BCUT2D eigenvalue weighted by Crippen LogP contribution is 2.31. The van der Waals surface area contributed by atoms with Crippen LogP contribution in [0.2, 0.25) is 0 Å². The van der Waals surface area contributed by atoms with Crippen LogP contribution in [-0.2, 0) is 6.54 Å². The van der Waals surface area contributed by atoms with Gasteiger partial charge < -0.3 is 4.98 Å². The molecule has 1 N–H and O–H groups in total. The predicted molar refractivity (Wildman–Crippen MR) is 95.7 cm³/mol. The molecule has 3 aromatic rings. The maximum absolute atomic E-state index is 4.84. The van der Waals surface area contributed by atoms with Gasteiger partial charge in [0.05, 0.1) is 23.3 Å². The number of benzene rings is 1. The predicted octanol–water partition coefficient (Wildman–Crippen LogP) is 4.07. The van der Waals surface area contributed by atoms with Gasteiger partial charge in [-0.1, -0.05) is 18.6 Å². The SMILES string of the molecule is CC(C)n1cc(CN2CCCC[C@@H]2c2nc3ccccc3[nH]2)cn1. The molecule has 0 unspecified atom stereocenters. The van der Waals surface area contributed by atoms with Gasteiger partial charge in [-0.3, -0.25) is 9.58 Å². The molecule has 126 valence electrons. The van der Waals surface area contributed by atoms with Gasteiger partial charge in [0.2, 0.25) is 0 Å². The van der Waals surface area contributed by atoms with Crippen molar-refractivity contribution in [1.29, 1.82) is 0 Å². The number of para-hydroxylation sites is 2. The Bertz CT molecular complexity index is 783. The number of rotatable bonds is 4. The molecule has 3 heterocycles. The second-order valence-corrected chi connectivity index (χ2v) is 7.04. The van der Waals surface area contributed by atoms with Crippen LogP contribution >= 0.6 is 0 Å². The molecule has 0 spiro atoms. The Hall–Kier alpha value is -2.14. The van der Waals surface area contributed by atoms with Crippen molar-refractivity contribution in [3.8, 4) is 0 Å². The Morgan fingerprint density at radius 2 is 2.12 bits per heavy atom. The molecular formula is C19H25N5. The van der Waals surface area contributed by atoms with Crippen LogP contribution in [0.5, 0.6) is 0 Å². The maximum atomic E-state index is 4.84. The minimum atomic E-state index is 0.369. The van der Waals surface area contributed by atoms with Crippen molar-refractivity contribution >= 4 is 11.0 Å². The first-order valence-electron chi connectivity index (χ1n) is 8.92. The quantitative estimate of drug-likeness (QED) is 0.787. The van der Waals surface area contributed by atoms with E-state index in [2.05, 4.69) is 53.2 Å². The van der Waals surface area contributed by atoms with Gasteiger partial charge in [-0.25, -0.2) is 4.98 Å². The molecule has 0 radical (unpaired) electrons. The number of H-pyrrole nitrogens is 1. The molecule has 0 bridgehead atoms. The topological polar surface area (TPSA) is 49.7 Å². The van der Waals surface area contributed by atoms with E-state index in [1.54, 1.807) is 0 Å². The second-order valence-electron chi connectivity index (χ2n) is 7.04. The monoisotopic (exact) mass is 323 g/mol. The molecule has 1 aliphatic rings. The van der Waals surface area contributed by atoms with Gasteiger partial charge in [0.15, 0.2) is 0 Å². The normalized spacial score (nSPS) is 19.4. The molecule has 1 saturated heterocycles. The van der Waals surface area contributed by atoms with Gasteiger partial charge in [0, 0.05) is 24.3 Å². The van der Waals surface area contributed by atoms with E-state index in [4.69, 9.17) is 4.98 Å². The van der Waals surface area contributed by atoms with E-state index < -0.39 is 0 Å². The third-order valence-corrected chi connectivity index (χ3v) is 4.91. The fourth-order valence-corrected chi connectivity index (χ4v) is 3.60. The fourth-order valence-electron chi connectivity index (χ4n) is 3.60. The smallest absolute Gasteiger partial charge is 0.124 e. The number of hydrogen-bond acceptors (Lipinski definition) is 3. The van der Waals surface area contributed by atoms with Crippen LogP contribution in [0.25, 0.3) is 11.0 Å². The van der Waals surface area contributed by atoms with Crippen molar-refractivity contribution in [3.05, 3.63) is 48.0 Å². The highest BCUT2D eigenvalue weighted by molar-refractivity contribution is 5.74. The number of nitrogens with zero attached hydrogens (tertiary/aromatic N) is 4. The van der Waals surface area contributed by atoms with E-state index in [0.29, 0.717) is 12.1 Å². The molecule has 1 aromatic carbocycles. The average Bonchev–Trinajstić information content (AvgIpc) is 3.22. The number of piperidine rings is 1. The zero-order valence-corrected chi connectivity index (χ0v) is 14.4. The molecule has 2 aromatic heterocycles.